The Morgan fingerprint density at radius 1 is 1.07 bits per heavy atom. The molecular formula is C12H22O3. The Hall–Kier alpha value is -0.120. The summed E-state index contributed by atoms with van der Waals surface area (Å²) in [5, 5.41) is 0. The molecule has 4 unspecified atom stereocenters. The second-order valence-corrected chi connectivity index (χ2v) is 5.23. The highest BCUT2D eigenvalue weighted by Crippen LogP contribution is 2.50. The molecule has 0 aliphatic carbocycles. The zero-order valence-electron chi connectivity index (χ0n) is 10.4. The lowest BCUT2D eigenvalue weighted by Gasteiger charge is -2.30. The van der Waals surface area contributed by atoms with Crippen molar-refractivity contribution in [1.82, 2.24) is 0 Å². The van der Waals surface area contributed by atoms with Crippen molar-refractivity contribution in [2.45, 2.75) is 71.2 Å². The van der Waals surface area contributed by atoms with Gasteiger partial charge in [0.05, 0.1) is 6.10 Å². The van der Waals surface area contributed by atoms with Crippen LogP contribution < -0.4 is 0 Å². The number of fused-ring (bicyclic) bond motifs is 1. The van der Waals surface area contributed by atoms with Crippen molar-refractivity contribution in [2.24, 2.45) is 5.92 Å². The number of hydrogen-bond donors (Lipinski definition) is 0. The standard InChI is InChI=1S/C12H22O3/c1-6-8-9(7-2)13-10-12(8,5)15-11(3,4)14-10/h8-10H,6-7H2,1-5H3. The molecule has 0 saturated carbocycles. The average Bonchev–Trinajstić information content (AvgIpc) is 2.49. The van der Waals surface area contributed by atoms with Crippen molar-refractivity contribution in [1.29, 1.82) is 0 Å². The van der Waals surface area contributed by atoms with E-state index >= 15 is 0 Å². The van der Waals surface area contributed by atoms with Gasteiger partial charge in [-0.25, -0.2) is 0 Å². The first-order valence-electron chi connectivity index (χ1n) is 5.96. The van der Waals surface area contributed by atoms with E-state index in [9.17, 15) is 0 Å². The molecule has 0 amide bonds. The van der Waals surface area contributed by atoms with Gasteiger partial charge in [0.2, 0.25) is 0 Å². The molecule has 0 radical (unpaired) electrons. The van der Waals surface area contributed by atoms with Crippen molar-refractivity contribution in [3.8, 4) is 0 Å². The molecule has 2 aliphatic heterocycles. The van der Waals surface area contributed by atoms with E-state index < -0.39 is 5.79 Å². The van der Waals surface area contributed by atoms with Crippen LogP contribution >= 0.6 is 0 Å². The van der Waals surface area contributed by atoms with Crippen LogP contribution in [0.5, 0.6) is 0 Å². The Labute approximate surface area is 92.1 Å². The van der Waals surface area contributed by atoms with Gasteiger partial charge in [-0.1, -0.05) is 13.8 Å². The minimum Gasteiger partial charge on any atom is -0.346 e. The molecule has 3 heteroatoms. The van der Waals surface area contributed by atoms with E-state index in [2.05, 4.69) is 20.8 Å². The average molecular weight is 214 g/mol. The van der Waals surface area contributed by atoms with Crippen LogP contribution in [0.4, 0.5) is 0 Å². The summed E-state index contributed by atoms with van der Waals surface area (Å²) in [7, 11) is 0. The van der Waals surface area contributed by atoms with Gasteiger partial charge in [0.1, 0.15) is 5.60 Å². The summed E-state index contributed by atoms with van der Waals surface area (Å²) in [6, 6.07) is 0. The minimum absolute atomic E-state index is 0.192. The number of hydrogen-bond acceptors (Lipinski definition) is 3. The van der Waals surface area contributed by atoms with Gasteiger partial charge < -0.3 is 14.2 Å². The zero-order chi connectivity index (χ0) is 11.3. The summed E-state index contributed by atoms with van der Waals surface area (Å²) in [5.74, 6) is -0.0692. The summed E-state index contributed by atoms with van der Waals surface area (Å²) in [5.41, 5.74) is -0.265. The number of ether oxygens (including phenoxy) is 3. The second-order valence-electron chi connectivity index (χ2n) is 5.23. The molecule has 0 spiro atoms. The molecule has 2 aliphatic rings. The fourth-order valence-corrected chi connectivity index (χ4v) is 3.06. The highest BCUT2D eigenvalue weighted by molar-refractivity contribution is 5.01. The van der Waals surface area contributed by atoms with Gasteiger partial charge in [-0.15, -0.1) is 0 Å². The van der Waals surface area contributed by atoms with E-state index in [4.69, 9.17) is 14.2 Å². The third-order valence-corrected chi connectivity index (χ3v) is 3.65. The molecule has 0 N–H and O–H groups in total. The third-order valence-electron chi connectivity index (χ3n) is 3.65. The molecule has 4 atom stereocenters. The molecule has 2 fully saturated rings. The fraction of sp³-hybridized carbons (Fsp3) is 1.00. The van der Waals surface area contributed by atoms with Gasteiger partial charge in [-0.2, -0.15) is 0 Å². The van der Waals surface area contributed by atoms with Crippen molar-refractivity contribution >= 4 is 0 Å². The van der Waals surface area contributed by atoms with E-state index in [1.54, 1.807) is 0 Å². The van der Waals surface area contributed by atoms with Crippen molar-refractivity contribution in [3.63, 3.8) is 0 Å². The molecule has 15 heavy (non-hydrogen) atoms. The van der Waals surface area contributed by atoms with Crippen LogP contribution in [0.2, 0.25) is 0 Å². The highest BCUT2D eigenvalue weighted by Gasteiger charge is 2.61. The molecule has 88 valence electrons. The van der Waals surface area contributed by atoms with Gasteiger partial charge in [0.15, 0.2) is 12.1 Å². The molecule has 0 bridgehead atoms. The lowest BCUT2D eigenvalue weighted by atomic mass is 9.84. The number of rotatable bonds is 2. The summed E-state index contributed by atoms with van der Waals surface area (Å²) >= 11 is 0. The lowest BCUT2D eigenvalue weighted by molar-refractivity contribution is -0.213. The first-order valence-corrected chi connectivity index (χ1v) is 5.96. The van der Waals surface area contributed by atoms with Crippen LogP contribution in [-0.2, 0) is 14.2 Å². The summed E-state index contributed by atoms with van der Waals surface area (Å²) in [4.78, 5) is 0. The minimum atomic E-state index is -0.508. The Morgan fingerprint density at radius 2 is 1.73 bits per heavy atom. The first-order chi connectivity index (χ1) is 6.93. The van der Waals surface area contributed by atoms with Crippen LogP contribution in [0, 0.1) is 5.92 Å². The van der Waals surface area contributed by atoms with Crippen LogP contribution in [0.25, 0.3) is 0 Å². The van der Waals surface area contributed by atoms with Crippen LogP contribution in [-0.4, -0.2) is 23.8 Å². The molecule has 2 rings (SSSR count). The maximum absolute atomic E-state index is 6.05. The molecule has 0 aromatic rings. The van der Waals surface area contributed by atoms with Gasteiger partial charge in [-0.3, -0.25) is 0 Å². The first kappa shape index (κ1) is 11.4. The van der Waals surface area contributed by atoms with Crippen molar-refractivity contribution in [2.75, 3.05) is 0 Å². The van der Waals surface area contributed by atoms with Gasteiger partial charge in [0, 0.05) is 5.92 Å². The van der Waals surface area contributed by atoms with E-state index in [0.29, 0.717) is 5.92 Å². The largest absolute Gasteiger partial charge is 0.346 e. The van der Waals surface area contributed by atoms with E-state index in [1.807, 2.05) is 13.8 Å². The topological polar surface area (TPSA) is 27.7 Å². The molecule has 0 aromatic heterocycles. The van der Waals surface area contributed by atoms with Gasteiger partial charge in [0.25, 0.3) is 0 Å². The van der Waals surface area contributed by atoms with Crippen molar-refractivity contribution < 1.29 is 14.2 Å². The maximum atomic E-state index is 6.05. The summed E-state index contributed by atoms with van der Waals surface area (Å²) < 4.78 is 17.8. The maximum Gasteiger partial charge on any atom is 0.190 e. The van der Waals surface area contributed by atoms with E-state index in [-0.39, 0.29) is 18.0 Å². The van der Waals surface area contributed by atoms with E-state index in [0.717, 1.165) is 12.8 Å². The molecular weight excluding hydrogens is 192 g/mol. The summed E-state index contributed by atoms with van der Waals surface area (Å²) in [6.45, 7) is 10.4. The molecule has 3 nitrogen and oxygen atoms in total. The Bertz CT molecular complexity index is 251. The third kappa shape index (κ3) is 1.61. The Balaban J connectivity index is 2.23. The normalized spacial score (nSPS) is 48.2. The predicted molar refractivity (Wildman–Crippen MR) is 57.4 cm³/mol. The van der Waals surface area contributed by atoms with Crippen LogP contribution in [0.1, 0.15) is 47.5 Å². The molecule has 0 aromatic carbocycles. The van der Waals surface area contributed by atoms with E-state index in [1.165, 1.54) is 0 Å². The predicted octanol–water partition coefficient (Wildman–Crippen LogP) is 2.69. The highest BCUT2D eigenvalue weighted by atomic mass is 16.8. The van der Waals surface area contributed by atoms with Gasteiger partial charge >= 0.3 is 0 Å². The molecule has 2 saturated heterocycles. The van der Waals surface area contributed by atoms with Gasteiger partial charge in [-0.05, 0) is 33.6 Å². The Kier molecular flexibility index (Phi) is 2.61. The van der Waals surface area contributed by atoms with Crippen LogP contribution in [0.3, 0.4) is 0 Å². The monoisotopic (exact) mass is 214 g/mol. The quantitative estimate of drug-likeness (QED) is 0.707. The lowest BCUT2D eigenvalue weighted by Crippen LogP contribution is -2.40. The fourth-order valence-electron chi connectivity index (χ4n) is 3.06. The van der Waals surface area contributed by atoms with Crippen molar-refractivity contribution in [3.05, 3.63) is 0 Å². The Morgan fingerprint density at radius 3 is 2.27 bits per heavy atom. The SMILES string of the molecule is CCC1OC2OC(C)(C)OC2(C)C1CC. The smallest absolute Gasteiger partial charge is 0.190 e. The molecule has 2 heterocycles. The van der Waals surface area contributed by atoms with Crippen LogP contribution in [0.15, 0.2) is 0 Å². The zero-order valence-corrected chi connectivity index (χ0v) is 10.4. The summed E-state index contributed by atoms with van der Waals surface area (Å²) in [6.07, 6.45) is 2.19. The second kappa shape index (κ2) is 3.44.